The minimum Gasteiger partial charge on any atom is -0.445 e. The summed E-state index contributed by atoms with van der Waals surface area (Å²) in [5.41, 5.74) is 0.948. The summed E-state index contributed by atoms with van der Waals surface area (Å²) in [6, 6.07) is 9.30. The number of hydrogen-bond donors (Lipinski definition) is 1. The van der Waals surface area contributed by atoms with Crippen LogP contribution in [0, 0.1) is 5.92 Å². The zero-order chi connectivity index (χ0) is 13.5. The van der Waals surface area contributed by atoms with Crippen LogP contribution in [-0.2, 0) is 11.3 Å². The number of ether oxygens (including phenoxy) is 1. The van der Waals surface area contributed by atoms with Gasteiger partial charge in [-0.15, -0.1) is 0 Å². The zero-order valence-corrected chi connectivity index (χ0v) is 11.2. The highest BCUT2D eigenvalue weighted by atomic mass is 16.6. The molecule has 1 aromatic carbocycles. The van der Waals surface area contributed by atoms with Crippen LogP contribution >= 0.6 is 0 Å². The van der Waals surface area contributed by atoms with E-state index in [1.54, 1.807) is 7.05 Å². The molecule has 0 fully saturated rings. The second kappa shape index (κ2) is 7.01. The van der Waals surface area contributed by atoms with Crippen LogP contribution in [0.5, 0.6) is 0 Å². The van der Waals surface area contributed by atoms with Crippen molar-refractivity contribution in [1.82, 2.24) is 4.90 Å². The molecule has 0 heterocycles. The smallest absolute Gasteiger partial charge is 0.410 e. The van der Waals surface area contributed by atoms with E-state index in [0.717, 1.165) is 5.56 Å². The highest BCUT2D eigenvalue weighted by molar-refractivity contribution is 5.67. The van der Waals surface area contributed by atoms with Crippen LogP contribution in [0.3, 0.4) is 0 Å². The molecule has 0 saturated carbocycles. The number of amides is 1. The topological polar surface area (TPSA) is 49.8 Å². The van der Waals surface area contributed by atoms with Gasteiger partial charge in [0.05, 0.1) is 12.6 Å². The number of aliphatic hydroxyl groups is 1. The van der Waals surface area contributed by atoms with Crippen molar-refractivity contribution in [2.75, 3.05) is 13.7 Å². The summed E-state index contributed by atoms with van der Waals surface area (Å²) in [5, 5.41) is 9.25. The summed E-state index contributed by atoms with van der Waals surface area (Å²) in [6.45, 7) is 4.11. The summed E-state index contributed by atoms with van der Waals surface area (Å²) >= 11 is 0. The van der Waals surface area contributed by atoms with Crippen LogP contribution < -0.4 is 0 Å². The Hall–Kier alpha value is -1.55. The predicted molar refractivity (Wildman–Crippen MR) is 70.1 cm³/mol. The van der Waals surface area contributed by atoms with Crippen molar-refractivity contribution < 1.29 is 14.6 Å². The number of benzene rings is 1. The van der Waals surface area contributed by atoms with Crippen LogP contribution in [0.2, 0.25) is 0 Å². The van der Waals surface area contributed by atoms with E-state index in [1.165, 1.54) is 4.90 Å². The lowest BCUT2D eigenvalue weighted by Gasteiger charge is -2.28. The molecule has 1 rings (SSSR count). The van der Waals surface area contributed by atoms with Gasteiger partial charge in [0.1, 0.15) is 6.61 Å². The van der Waals surface area contributed by atoms with Gasteiger partial charge in [0, 0.05) is 7.05 Å². The predicted octanol–water partition coefficient (Wildman–Crippen LogP) is 2.27. The average Bonchev–Trinajstić information content (AvgIpc) is 2.37. The molecule has 0 aliphatic heterocycles. The maximum absolute atomic E-state index is 11.8. The van der Waals surface area contributed by atoms with Gasteiger partial charge >= 0.3 is 6.09 Å². The van der Waals surface area contributed by atoms with Crippen LogP contribution in [0.1, 0.15) is 19.4 Å². The highest BCUT2D eigenvalue weighted by Gasteiger charge is 2.23. The normalized spacial score (nSPS) is 12.3. The quantitative estimate of drug-likeness (QED) is 0.873. The van der Waals surface area contributed by atoms with Gasteiger partial charge in [-0.05, 0) is 11.5 Å². The molecule has 1 atom stereocenters. The van der Waals surface area contributed by atoms with Crippen LogP contribution in [0.25, 0.3) is 0 Å². The largest absolute Gasteiger partial charge is 0.445 e. The van der Waals surface area contributed by atoms with E-state index < -0.39 is 6.09 Å². The summed E-state index contributed by atoms with van der Waals surface area (Å²) in [6.07, 6.45) is -0.411. The van der Waals surface area contributed by atoms with Gasteiger partial charge in [-0.1, -0.05) is 44.2 Å². The molecule has 18 heavy (non-hydrogen) atoms. The Morgan fingerprint density at radius 3 is 2.44 bits per heavy atom. The molecule has 1 aromatic rings. The van der Waals surface area contributed by atoms with Crippen molar-refractivity contribution in [1.29, 1.82) is 0 Å². The Balaban J connectivity index is 2.50. The maximum Gasteiger partial charge on any atom is 0.410 e. The van der Waals surface area contributed by atoms with E-state index in [-0.39, 0.29) is 25.2 Å². The van der Waals surface area contributed by atoms with Crippen molar-refractivity contribution in [2.24, 2.45) is 5.92 Å². The standard InChI is InChI=1S/C14H21NO3/c1-11(2)13(9-16)15(3)14(17)18-10-12-7-5-4-6-8-12/h4-8,11,13,16H,9-10H2,1-3H3/t13-/m1/s1. The van der Waals surface area contributed by atoms with Crippen LogP contribution in [0.15, 0.2) is 30.3 Å². The monoisotopic (exact) mass is 251 g/mol. The first-order valence-corrected chi connectivity index (χ1v) is 6.10. The maximum atomic E-state index is 11.8. The molecule has 0 spiro atoms. The molecule has 1 amide bonds. The van der Waals surface area contributed by atoms with Gasteiger partial charge in [0.2, 0.25) is 0 Å². The second-order valence-corrected chi connectivity index (χ2v) is 4.65. The van der Waals surface area contributed by atoms with E-state index in [1.807, 2.05) is 44.2 Å². The molecule has 0 radical (unpaired) electrons. The summed E-state index contributed by atoms with van der Waals surface area (Å²) in [7, 11) is 1.65. The van der Waals surface area contributed by atoms with E-state index in [4.69, 9.17) is 4.74 Å². The third-order valence-corrected chi connectivity index (χ3v) is 2.95. The lowest BCUT2D eigenvalue weighted by atomic mass is 10.0. The number of carbonyl (C=O) groups is 1. The van der Waals surface area contributed by atoms with Crippen molar-refractivity contribution in [3.05, 3.63) is 35.9 Å². The lowest BCUT2D eigenvalue weighted by Crippen LogP contribution is -2.43. The first kappa shape index (κ1) is 14.5. The molecule has 100 valence electrons. The fourth-order valence-corrected chi connectivity index (χ4v) is 1.74. The van der Waals surface area contributed by atoms with Crippen molar-refractivity contribution >= 4 is 6.09 Å². The van der Waals surface area contributed by atoms with E-state index in [0.29, 0.717) is 0 Å². The molecule has 0 unspecified atom stereocenters. The third kappa shape index (κ3) is 4.04. The minimum atomic E-state index is -0.411. The molecule has 4 heteroatoms. The number of aliphatic hydroxyl groups excluding tert-OH is 1. The Morgan fingerprint density at radius 1 is 1.33 bits per heavy atom. The summed E-state index contributed by atoms with van der Waals surface area (Å²) in [5.74, 6) is 0.185. The highest BCUT2D eigenvalue weighted by Crippen LogP contribution is 2.10. The van der Waals surface area contributed by atoms with E-state index in [2.05, 4.69) is 0 Å². The van der Waals surface area contributed by atoms with Crippen LogP contribution in [-0.4, -0.2) is 35.8 Å². The molecule has 0 aliphatic carbocycles. The number of hydrogen-bond acceptors (Lipinski definition) is 3. The molecular weight excluding hydrogens is 230 g/mol. The molecule has 0 saturated heterocycles. The second-order valence-electron chi connectivity index (χ2n) is 4.65. The summed E-state index contributed by atoms with van der Waals surface area (Å²) in [4.78, 5) is 13.3. The first-order chi connectivity index (χ1) is 8.56. The molecule has 0 aliphatic rings. The fraction of sp³-hybridized carbons (Fsp3) is 0.500. The Kier molecular flexibility index (Phi) is 5.65. The van der Waals surface area contributed by atoms with E-state index >= 15 is 0 Å². The van der Waals surface area contributed by atoms with E-state index in [9.17, 15) is 9.90 Å². The molecule has 1 N–H and O–H groups in total. The number of likely N-dealkylation sites (N-methyl/N-ethyl adjacent to an activating group) is 1. The van der Waals surface area contributed by atoms with Crippen molar-refractivity contribution in [2.45, 2.75) is 26.5 Å². The lowest BCUT2D eigenvalue weighted by molar-refractivity contribution is 0.0634. The average molecular weight is 251 g/mol. The SMILES string of the molecule is CC(C)[C@@H](CO)N(C)C(=O)OCc1ccccc1. The van der Waals surface area contributed by atoms with Gasteiger partial charge in [-0.3, -0.25) is 0 Å². The van der Waals surface area contributed by atoms with Gasteiger partial charge in [0.25, 0.3) is 0 Å². The van der Waals surface area contributed by atoms with Crippen molar-refractivity contribution in [3.8, 4) is 0 Å². The number of rotatable bonds is 5. The van der Waals surface area contributed by atoms with Gasteiger partial charge in [-0.25, -0.2) is 4.79 Å². The Morgan fingerprint density at radius 2 is 1.94 bits per heavy atom. The number of nitrogens with zero attached hydrogens (tertiary/aromatic N) is 1. The van der Waals surface area contributed by atoms with Gasteiger partial charge in [-0.2, -0.15) is 0 Å². The molecule has 0 aromatic heterocycles. The molecule has 4 nitrogen and oxygen atoms in total. The van der Waals surface area contributed by atoms with Crippen molar-refractivity contribution in [3.63, 3.8) is 0 Å². The molecule has 0 bridgehead atoms. The third-order valence-electron chi connectivity index (χ3n) is 2.95. The Bertz CT molecular complexity index is 365. The fourth-order valence-electron chi connectivity index (χ4n) is 1.74. The number of carbonyl (C=O) groups excluding carboxylic acids is 1. The first-order valence-electron chi connectivity index (χ1n) is 6.10. The Labute approximate surface area is 108 Å². The zero-order valence-electron chi connectivity index (χ0n) is 11.2. The van der Waals surface area contributed by atoms with Crippen LogP contribution in [0.4, 0.5) is 4.79 Å². The van der Waals surface area contributed by atoms with Gasteiger partial charge in [0.15, 0.2) is 0 Å². The minimum absolute atomic E-state index is 0.0609. The molecular formula is C14H21NO3. The summed E-state index contributed by atoms with van der Waals surface area (Å²) < 4.78 is 5.20. The van der Waals surface area contributed by atoms with Gasteiger partial charge < -0.3 is 14.7 Å².